The summed E-state index contributed by atoms with van der Waals surface area (Å²) in [5.41, 5.74) is 0.230. The molecule has 10 heteroatoms. The smallest absolute Gasteiger partial charge is 0.476 e. The van der Waals surface area contributed by atoms with Crippen molar-refractivity contribution in [3.05, 3.63) is 60.3 Å². The van der Waals surface area contributed by atoms with Crippen molar-refractivity contribution >= 4 is 0 Å². The number of halogens is 6. The van der Waals surface area contributed by atoms with Crippen LogP contribution in [-0.2, 0) is 6.18 Å². The van der Waals surface area contributed by atoms with Gasteiger partial charge < -0.3 is 9.47 Å². The number of benzene rings is 2. The highest BCUT2D eigenvalue weighted by Gasteiger charge is 2.31. The average Bonchev–Trinajstić information content (AvgIpc) is 3.11. The molecular weight excluding hydrogens is 426 g/mol. The quantitative estimate of drug-likeness (QED) is 0.303. The summed E-state index contributed by atoms with van der Waals surface area (Å²) in [4.78, 5) is 0. The molecule has 1 aromatic heterocycles. The van der Waals surface area contributed by atoms with Gasteiger partial charge in [0.1, 0.15) is 5.75 Å². The Morgan fingerprint density at radius 1 is 0.968 bits per heavy atom. The summed E-state index contributed by atoms with van der Waals surface area (Å²) in [6, 6.07) is 9.68. The van der Waals surface area contributed by atoms with Crippen molar-refractivity contribution in [2.75, 3.05) is 6.61 Å². The predicted octanol–water partition coefficient (Wildman–Crippen LogP) is 6.64. The number of aromatic nitrogens is 2. The topological polar surface area (TPSA) is 36.3 Å². The fourth-order valence-corrected chi connectivity index (χ4v) is 2.77. The Morgan fingerprint density at radius 3 is 2.29 bits per heavy atom. The van der Waals surface area contributed by atoms with Gasteiger partial charge in [0.05, 0.1) is 23.4 Å². The van der Waals surface area contributed by atoms with Crippen molar-refractivity contribution < 1.29 is 35.8 Å². The fraction of sp³-hybridized carbons (Fsp3) is 0.286. The van der Waals surface area contributed by atoms with Crippen molar-refractivity contribution in [1.29, 1.82) is 0 Å². The number of hydrogen-bond donors (Lipinski definition) is 0. The summed E-state index contributed by atoms with van der Waals surface area (Å²) < 4.78 is 87.0. The Kier molecular flexibility index (Phi) is 6.47. The number of rotatable bonds is 7. The molecule has 0 saturated heterocycles. The summed E-state index contributed by atoms with van der Waals surface area (Å²) in [5, 5.41) is 4.25. The molecule has 0 bridgehead atoms. The van der Waals surface area contributed by atoms with Crippen LogP contribution in [0.1, 0.15) is 25.3 Å². The van der Waals surface area contributed by atoms with E-state index in [-0.39, 0.29) is 11.6 Å². The standard InChI is InChI=1S/C21H18F6N2O2/c1-2-3-11-30-19-18(14-7-9-17(10-8-14)31-21(25,26)27)13-29(28-19)16-6-4-5-15(12-16)20(22,23)24/h4-10,12-13H,2-3,11H2,1H3. The first-order chi connectivity index (χ1) is 14.6. The third-order valence-electron chi connectivity index (χ3n) is 4.25. The van der Waals surface area contributed by atoms with Crippen LogP contribution in [0, 0.1) is 0 Å². The highest BCUT2D eigenvalue weighted by atomic mass is 19.4. The van der Waals surface area contributed by atoms with Crippen molar-refractivity contribution in [3.63, 3.8) is 0 Å². The van der Waals surface area contributed by atoms with E-state index < -0.39 is 23.9 Å². The monoisotopic (exact) mass is 444 g/mol. The maximum absolute atomic E-state index is 13.0. The lowest BCUT2D eigenvalue weighted by molar-refractivity contribution is -0.274. The van der Waals surface area contributed by atoms with E-state index in [1.165, 1.54) is 35.1 Å². The van der Waals surface area contributed by atoms with E-state index in [1.54, 1.807) is 0 Å². The molecule has 0 unspecified atom stereocenters. The lowest BCUT2D eigenvalue weighted by Crippen LogP contribution is -2.16. The minimum Gasteiger partial charge on any atom is -0.476 e. The van der Waals surface area contributed by atoms with Gasteiger partial charge in [0.2, 0.25) is 5.88 Å². The third-order valence-corrected chi connectivity index (χ3v) is 4.25. The van der Waals surface area contributed by atoms with E-state index in [4.69, 9.17) is 4.74 Å². The zero-order chi connectivity index (χ0) is 22.6. The minimum atomic E-state index is -4.82. The second-order valence-electron chi connectivity index (χ2n) is 6.61. The van der Waals surface area contributed by atoms with Gasteiger partial charge in [-0.3, -0.25) is 0 Å². The Bertz CT molecular complexity index is 1010. The van der Waals surface area contributed by atoms with Crippen molar-refractivity contribution in [3.8, 4) is 28.4 Å². The average molecular weight is 444 g/mol. The third kappa shape index (κ3) is 5.93. The lowest BCUT2D eigenvalue weighted by atomic mass is 10.1. The van der Waals surface area contributed by atoms with Gasteiger partial charge in [0.25, 0.3) is 0 Å². The molecule has 166 valence electrons. The minimum absolute atomic E-state index is 0.162. The van der Waals surface area contributed by atoms with Gasteiger partial charge in [-0.05, 0) is 42.3 Å². The maximum atomic E-state index is 13.0. The van der Waals surface area contributed by atoms with Gasteiger partial charge in [-0.25, -0.2) is 4.68 Å². The van der Waals surface area contributed by atoms with Crippen LogP contribution in [0.3, 0.4) is 0 Å². The molecule has 0 aliphatic heterocycles. The molecule has 0 radical (unpaired) electrons. The van der Waals surface area contributed by atoms with Crippen LogP contribution in [-0.4, -0.2) is 22.7 Å². The predicted molar refractivity (Wildman–Crippen MR) is 101 cm³/mol. The SMILES string of the molecule is CCCCOc1nn(-c2cccc(C(F)(F)F)c2)cc1-c1ccc(OC(F)(F)F)cc1. The van der Waals surface area contributed by atoms with Crippen molar-refractivity contribution in [2.24, 2.45) is 0 Å². The summed E-state index contributed by atoms with van der Waals surface area (Å²) in [5.74, 6) is -0.231. The molecule has 0 amide bonds. The molecule has 4 nitrogen and oxygen atoms in total. The summed E-state index contributed by atoms with van der Waals surface area (Å²) in [7, 11) is 0. The van der Waals surface area contributed by atoms with Crippen molar-refractivity contribution in [2.45, 2.75) is 32.3 Å². The van der Waals surface area contributed by atoms with Gasteiger partial charge in [-0.2, -0.15) is 13.2 Å². The highest BCUT2D eigenvalue weighted by Crippen LogP contribution is 2.34. The maximum Gasteiger partial charge on any atom is 0.573 e. The Labute approximate surface area is 174 Å². The first kappa shape index (κ1) is 22.5. The summed E-state index contributed by atoms with van der Waals surface area (Å²) in [6.45, 7) is 2.29. The van der Waals surface area contributed by atoms with E-state index >= 15 is 0 Å². The summed E-state index contributed by atoms with van der Waals surface area (Å²) in [6.07, 6.45) is -6.27. The zero-order valence-corrected chi connectivity index (χ0v) is 16.3. The molecule has 0 aliphatic rings. The lowest BCUT2D eigenvalue weighted by Gasteiger charge is -2.09. The first-order valence-electron chi connectivity index (χ1n) is 9.33. The van der Waals surface area contributed by atoms with Crippen LogP contribution >= 0.6 is 0 Å². The largest absolute Gasteiger partial charge is 0.573 e. The molecule has 0 spiro atoms. The van der Waals surface area contributed by atoms with E-state index in [0.29, 0.717) is 17.7 Å². The second-order valence-corrected chi connectivity index (χ2v) is 6.61. The molecule has 31 heavy (non-hydrogen) atoms. The van der Waals surface area contributed by atoms with Gasteiger partial charge in [-0.1, -0.05) is 31.5 Å². The van der Waals surface area contributed by atoms with Gasteiger partial charge in [0.15, 0.2) is 0 Å². The van der Waals surface area contributed by atoms with E-state index in [2.05, 4.69) is 9.84 Å². The molecule has 2 aromatic carbocycles. The molecule has 0 aliphatic carbocycles. The second kappa shape index (κ2) is 8.91. The van der Waals surface area contributed by atoms with E-state index in [0.717, 1.165) is 37.1 Å². The van der Waals surface area contributed by atoms with Crippen LogP contribution < -0.4 is 9.47 Å². The Balaban J connectivity index is 1.97. The van der Waals surface area contributed by atoms with Crippen LogP contribution in [0.2, 0.25) is 0 Å². The molecule has 0 fully saturated rings. The van der Waals surface area contributed by atoms with Gasteiger partial charge in [0, 0.05) is 6.20 Å². The molecule has 0 N–H and O–H groups in total. The van der Waals surface area contributed by atoms with Crippen molar-refractivity contribution in [1.82, 2.24) is 9.78 Å². The normalized spacial score (nSPS) is 12.1. The number of alkyl halides is 6. The van der Waals surface area contributed by atoms with Crippen LogP contribution in [0.4, 0.5) is 26.3 Å². The number of unbranched alkanes of at least 4 members (excludes halogenated alkanes) is 1. The molecule has 1 heterocycles. The molecule has 3 rings (SSSR count). The van der Waals surface area contributed by atoms with Crippen LogP contribution in [0.15, 0.2) is 54.7 Å². The zero-order valence-electron chi connectivity index (χ0n) is 16.3. The number of ether oxygens (including phenoxy) is 2. The molecule has 0 atom stereocenters. The van der Waals surface area contributed by atoms with Gasteiger partial charge >= 0.3 is 12.5 Å². The van der Waals surface area contributed by atoms with Gasteiger partial charge in [-0.15, -0.1) is 18.3 Å². The number of nitrogens with zero attached hydrogens (tertiary/aromatic N) is 2. The molecule has 3 aromatic rings. The number of hydrogen-bond acceptors (Lipinski definition) is 3. The Hall–Kier alpha value is -3.17. The molecule has 0 saturated carbocycles. The van der Waals surface area contributed by atoms with E-state index in [9.17, 15) is 26.3 Å². The Morgan fingerprint density at radius 2 is 1.68 bits per heavy atom. The fourth-order valence-electron chi connectivity index (χ4n) is 2.77. The van der Waals surface area contributed by atoms with E-state index in [1.807, 2.05) is 6.92 Å². The summed E-state index contributed by atoms with van der Waals surface area (Å²) >= 11 is 0. The van der Waals surface area contributed by atoms with Crippen LogP contribution in [0.5, 0.6) is 11.6 Å². The highest BCUT2D eigenvalue weighted by molar-refractivity contribution is 5.69. The van der Waals surface area contributed by atoms with Crippen LogP contribution in [0.25, 0.3) is 16.8 Å². The first-order valence-corrected chi connectivity index (χ1v) is 9.33. The molecular formula is C21H18F6N2O2.